The van der Waals surface area contributed by atoms with Gasteiger partial charge in [0, 0.05) is 0 Å². The molecule has 0 bridgehead atoms. The third-order valence-corrected chi connectivity index (χ3v) is 3.29. The van der Waals surface area contributed by atoms with Crippen molar-refractivity contribution in [1.82, 2.24) is 5.32 Å². The standard InChI is InChI=1S/C16H20FNO5/c1-10(15(20)22-2)8-13(16(21)23-3)18-14(19)9-11-4-6-12(17)7-5-11/h4-7,10,13H,8-9H2,1-3H3,(H,18,19)/t10-,13-/m1/s1. The second kappa shape index (κ2) is 8.87. The first-order valence-electron chi connectivity index (χ1n) is 7.06. The summed E-state index contributed by atoms with van der Waals surface area (Å²) in [6.45, 7) is 1.59. The fourth-order valence-corrected chi connectivity index (χ4v) is 2.04. The number of esters is 2. The molecule has 1 rings (SSSR count). The van der Waals surface area contributed by atoms with Crippen LogP contribution in [0.2, 0.25) is 0 Å². The van der Waals surface area contributed by atoms with Gasteiger partial charge in [0.15, 0.2) is 0 Å². The average Bonchev–Trinajstić information content (AvgIpc) is 2.54. The number of nitrogens with one attached hydrogen (secondary N) is 1. The Morgan fingerprint density at radius 1 is 1.09 bits per heavy atom. The summed E-state index contributed by atoms with van der Waals surface area (Å²) in [5.41, 5.74) is 0.605. The molecule has 1 aromatic rings. The Bertz CT molecular complexity index is 558. The SMILES string of the molecule is COC(=O)[C@H](C)C[C@@H](NC(=O)Cc1ccc(F)cc1)C(=O)OC. The van der Waals surface area contributed by atoms with Crippen molar-refractivity contribution in [1.29, 1.82) is 0 Å². The van der Waals surface area contributed by atoms with Crippen LogP contribution in [0.1, 0.15) is 18.9 Å². The van der Waals surface area contributed by atoms with E-state index in [1.165, 1.54) is 38.5 Å². The highest BCUT2D eigenvalue weighted by Gasteiger charge is 2.27. The fourth-order valence-electron chi connectivity index (χ4n) is 2.04. The van der Waals surface area contributed by atoms with Crippen molar-refractivity contribution >= 4 is 17.8 Å². The smallest absolute Gasteiger partial charge is 0.328 e. The van der Waals surface area contributed by atoms with Crippen LogP contribution in [0.4, 0.5) is 4.39 Å². The van der Waals surface area contributed by atoms with Crippen LogP contribution < -0.4 is 5.32 Å². The summed E-state index contributed by atoms with van der Waals surface area (Å²) in [4.78, 5) is 35.2. The minimum atomic E-state index is -0.956. The van der Waals surface area contributed by atoms with Crippen LogP contribution in [0.25, 0.3) is 0 Å². The second-order valence-electron chi connectivity index (χ2n) is 5.11. The summed E-state index contributed by atoms with van der Waals surface area (Å²) in [7, 11) is 2.45. The molecule has 0 aliphatic rings. The number of ether oxygens (including phenoxy) is 2. The summed E-state index contributed by atoms with van der Waals surface area (Å²) in [6, 6.07) is 4.51. The molecule has 1 amide bonds. The molecule has 23 heavy (non-hydrogen) atoms. The van der Waals surface area contributed by atoms with Gasteiger partial charge in [-0.25, -0.2) is 9.18 Å². The van der Waals surface area contributed by atoms with E-state index in [4.69, 9.17) is 0 Å². The van der Waals surface area contributed by atoms with E-state index in [1.54, 1.807) is 6.92 Å². The quantitative estimate of drug-likeness (QED) is 0.763. The van der Waals surface area contributed by atoms with E-state index < -0.39 is 35.6 Å². The minimum absolute atomic E-state index is 0.0135. The largest absolute Gasteiger partial charge is 0.469 e. The zero-order valence-corrected chi connectivity index (χ0v) is 13.3. The lowest BCUT2D eigenvalue weighted by molar-refractivity contribution is -0.148. The molecule has 0 aliphatic carbocycles. The van der Waals surface area contributed by atoms with E-state index in [0.717, 1.165) is 0 Å². The van der Waals surface area contributed by atoms with Crippen LogP contribution in [0.5, 0.6) is 0 Å². The summed E-state index contributed by atoms with van der Waals surface area (Å²) in [5.74, 6) is -2.52. The minimum Gasteiger partial charge on any atom is -0.469 e. The maximum Gasteiger partial charge on any atom is 0.328 e. The number of halogens is 1. The average molecular weight is 325 g/mol. The predicted octanol–water partition coefficient (Wildman–Crippen LogP) is 1.23. The normalized spacial score (nSPS) is 12.9. The van der Waals surface area contributed by atoms with Crippen LogP contribution in [-0.4, -0.2) is 38.1 Å². The van der Waals surface area contributed by atoms with Gasteiger partial charge in [-0.05, 0) is 24.1 Å². The summed E-state index contributed by atoms with van der Waals surface area (Å²) in [6.07, 6.45) is 0.0505. The molecule has 2 atom stereocenters. The molecule has 0 unspecified atom stereocenters. The van der Waals surface area contributed by atoms with Crippen molar-refractivity contribution in [2.75, 3.05) is 14.2 Å². The zero-order chi connectivity index (χ0) is 17.4. The molecule has 0 aliphatic heterocycles. The van der Waals surface area contributed by atoms with E-state index in [-0.39, 0.29) is 12.8 Å². The van der Waals surface area contributed by atoms with Crippen molar-refractivity contribution in [2.45, 2.75) is 25.8 Å². The van der Waals surface area contributed by atoms with Gasteiger partial charge >= 0.3 is 11.9 Å². The lowest BCUT2D eigenvalue weighted by Gasteiger charge is -2.19. The Balaban J connectivity index is 2.68. The Morgan fingerprint density at radius 3 is 2.17 bits per heavy atom. The van der Waals surface area contributed by atoms with Gasteiger partial charge in [-0.1, -0.05) is 19.1 Å². The first kappa shape index (κ1) is 18.6. The predicted molar refractivity (Wildman–Crippen MR) is 79.8 cm³/mol. The number of hydrogen-bond acceptors (Lipinski definition) is 5. The van der Waals surface area contributed by atoms with E-state index in [0.29, 0.717) is 5.56 Å². The van der Waals surface area contributed by atoms with Crippen LogP contribution in [-0.2, 0) is 30.3 Å². The van der Waals surface area contributed by atoms with Gasteiger partial charge in [-0.2, -0.15) is 0 Å². The van der Waals surface area contributed by atoms with Crippen molar-refractivity contribution < 1.29 is 28.2 Å². The highest BCUT2D eigenvalue weighted by atomic mass is 19.1. The van der Waals surface area contributed by atoms with Gasteiger partial charge in [0.05, 0.1) is 26.6 Å². The highest BCUT2D eigenvalue weighted by molar-refractivity contribution is 5.86. The van der Waals surface area contributed by atoms with Crippen molar-refractivity contribution in [3.05, 3.63) is 35.6 Å². The zero-order valence-electron chi connectivity index (χ0n) is 13.3. The fraction of sp³-hybridized carbons (Fsp3) is 0.438. The molecule has 0 heterocycles. The topological polar surface area (TPSA) is 81.7 Å². The lowest BCUT2D eigenvalue weighted by atomic mass is 10.0. The molecule has 1 aromatic carbocycles. The van der Waals surface area contributed by atoms with Gasteiger partial charge in [-0.15, -0.1) is 0 Å². The summed E-state index contributed by atoms with van der Waals surface area (Å²) in [5, 5.41) is 2.53. The molecule has 6 nitrogen and oxygen atoms in total. The molecule has 1 N–H and O–H groups in total. The first-order chi connectivity index (χ1) is 10.9. The monoisotopic (exact) mass is 325 g/mol. The Labute approximate surface area is 134 Å². The highest BCUT2D eigenvalue weighted by Crippen LogP contribution is 2.10. The van der Waals surface area contributed by atoms with E-state index >= 15 is 0 Å². The maximum absolute atomic E-state index is 12.8. The number of carbonyl (C=O) groups excluding carboxylic acids is 3. The summed E-state index contributed by atoms with van der Waals surface area (Å²) < 4.78 is 22.1. The van der Waals surface area contributed by atoms with Gasteiger partial charge in [0.25, 0.3) is 0 Å². The lowest BCUT2D eigenvalue weighted by Crippen LogP contribution is -2.44. The molecule has 0 saturated heterocycles. The number of rotatable bonds is 7. The number of carbonyl (C=O) groups is 3. The van der Waals surface area contributed by atoms with Gasteiger partial charge in [0.2, 0.25) is 5.91 Å². The Hall–Kier alpha value is -2.44. The third kappa shape index (κ3) is 6.06. The third-order valence-electron chi connectivity index (χ3n) is 3.29. The Kier molecular flexibility index (Phi) is 7.18. The van der Waals surface area contributed by atoms with Crippen LogP contribution >= 0.6 is 0 Å². The van der Waals surface area contributed by atoms with Crippen LogP contribution in [0.15, 0.2) is 24.3 Å². The Morgan fingerprint density at radius 2 is 1.65 bits per heavy atom. The molecule has 0 fully saturated rings. The van der Waals surface area contributed by atoms with E-state index in [2.05, 4.69) is 14.8 Å². The van der Waals surface area contributed by atoms with Crippen molar-refractivity contribution in [3.8, 4) is 0 Å². The van der Waals surface area contributed by atoms with Crippen LogP contribution in [0, 0.1) is 11.7 Å². The second-order valence-corrected chi connectivity index (χ2v) is 5.11. The number of methoxy groups -OCH3 is 2. The van der Waals surface area contributed by atoms with E-state index in [9.17, 15) is 18.8 Å². The van der Waals surface area contributed by atoms with Crippen molar-refractivity contribution in [2.24, 2.45) is 5.92 Å². The number of hydrogen-bond donors (Lipinski definition) is 1. The molecule has 126 valence electrons. The maximum atomic E-state index is 12.8. The summed E-state index contributed by atoms with van der Waals surface area (Å²) >= 11 is 0. The van der Waals surface area contributed by atoms with Gasteiger partial charge in [-0.3, -0.25) is 9.59 Å². The van der Waals surface area contributed by atoms with Gasteiger partial charge < -0.3 is 14.8 Å². The first-order valence-corrected chi connectivity index (χ1v) is 7.06. The van der Waals surface area contributed by atoms with Gasteiger partial charge in [0.1, 0.15) is 11.9 Å². The number of amides is 1. The van der Waals surface area contributed by atoms with Crippen LogP contribution in [0.3, 0.4) is 0 Å². The molecule has 0 spiro atoms. The van der Waals surface area contributed by atoms with E-state index in [1.807, 2.05) is 0 Å². The number of benzene rings is 1. The molecular formula is C16H20FNO5. The molecule has 0 radical (unpaired) electrons. The molecular weight excluding hydrogens is 305 g/mol. The molecule has 0 saturated carbocycles. The molecule has 0 aromatic heterocycles. The molecule has 7 heteroatoms. The van der Waals surface area contributed by atoms with Crippen molar-refractivity contribution in [3.63, 3.8) is 0 Å².